The van der Waals surface area contributed by atoms with E-state index in [2.05, 4.69) is 5.10 Å². The van der Waals surface area contributed by atoms with Crippen LogP contribution in [0.2, 0.25) is 0 Å². The van der Waals surface area contributed by atoms with Crippen LogP contribution in [-0.2, 0) is 0 Å². The Labute approximate surface area is 109 Å². The third-order valence-corrected chi connectivity index (χ3v) is 3.51. The number of aliphatic hydroxyl groups excluding tert-OH is 2. The Kier molecular flexibility index (Phi) is 5.12. The minimum Gasteiger partial charge on any atom is -0.394 e. The number of aromatic nitrogens is 2. The number of thioether (sulfide) groups is 1. The lowest BCUT2D eigenvalue weighted by molar-refractivity contribution is -0.388. The molecule has 0 aromatic carbocycles. The second-order valence-corrected chi connectivity index (χ2v) is 5.19. The van der Waals surface area contributed by atoms with Crippen molar-refractivity contribution < 1.29 is 15.1 Å². The van der Waals surface area contributed by atoms with Crippen molar-refractivity contribution in [2.75, 3.05) is 12.4 Å². The van der Waals surface area contributed by atoms with Gasteiger partial charge in [-0.25, -0.2) is 4.68 Å². The smallest absolute Gasteiger partial charge is 0.323 e. The van der Waals surface area contributed by atoms with Gasteiger partial charge in [-0.05, 0) is 20.8 Å². The fourth-order valence-electron chi connectivity index (χ4n) is 1.44. The third-order valence-electron chi connectivity index (χ3n) is 2.31. The molecule has 1 rings (SSSR count). The molecule has 1 unspecified atom stereocenters. The van der Waals surface area contributed by atoms with Crippen molar-refractivity contribution in [3.8, 4) is 0 Å². The fraction of sp³-hybridized carbons (Fsp3) is 0.700. The van der Waals surface area contributed by atoms with Crippen molar-refractivity contribution in [1.29, 1.82) is 0 Å². The van der Waals surface area contributed by atoms with Crippen LogP contribution in [-0.4, -0.2) is 43.4 Å². The van der Waals surface area contributed by atoms with E-state index >= 15 is 0 Å². The zero-order valence-electron chi connectivity index (χ0n) is 10.5. The predicted octanol–water partition coefficient (Wildman–Crippen LogP) is 1.13. The van der Waals surface area contributed by atoms with Crippen LogP contribution in [0.5, 0.6) is 0 Å². The molecular weight excluding hydrogens is 258 g/mol. The Bertz CT molecular complexity index is 433. The van der Waals surface area contributed by atoms with Gasteiger partial charge in [0.25, 0.3) is 0 Å². The topological polar surface area (TPSA) is 101 Å². The van der Waals surface area contributed by atoms with Gasteiger partial charge in [-0.2, -0.15) is 5.10 Å². The minimum atomic E-state index is -0.898. The number of hydrogen-bond acceptors (Lipinski definition) is 6. The third kappa shape index (κ3) is 3.21. The summed E-state index contributed by atoms with van der Waals surface area (Å²) in [5, 5.41) is 33.7. The summed E-state index contributed by atoms with van der Waals surface area (Å²) < 4.78 is 1.57. The van der Waals surface area contributed by atoms with E-state index in [0.717, 1.165) is 11.8 Å². The first-order chi connectivity index (χ1) is 8.38. The van der Waals surface area contributed by atoms with Crippen LogP contribution in [0.3, 0.4) is 0 Å². The van der Waals surface area contributed by atoms with Crippen LogP contribution < -0.4 is 0 Å². The summed E-state index contributed by atoms with van der Waals surface area (Å²) in [6, 6.07) is -0.00818. The second kappa shape index (κ2) is 6.17. The molecule has 0 amide bonds. The normalized spacial score (nSPS) is 13.0. The van der Waals surface area contributed by atoms with Crippen LogP contribution >= 0.6 is 11.8 Å². The molecule has 0 fully saturated rings. The van der Waals surface area contributed by atoms with Crippen molar-refractivity contribution >= 4 is 17.4 Å². The van der Waals surface area contributed by atoms with Gasteiger partial charge in [0, 0.05) is 11.8 Å². The number of hydrogen-bond donors (Lipinski definition) is 2. The van der Waals surface area contributed by atoms with E-state index in [1.54, 1.807) is 11.6 Å². The summed E-state index contributed by atoms with van der Waals surface area (Å²) >= 11 is 1.13. The lowest BCUT2D eigenvalue weighted by Gasteiger charge is -2.11. The predicted molar refractivity (Wildman–Crippen MR) is 67.8 cm³/mol. The Morgan fingerprint density at radius 1 is 1.56 bits per heavy atom. The summed E-state index contributed by atoms with van der Waals surface area (Å²) in [4.78, 5) is 10.6. The van der Waals surface area contributed by atoms with E-state index < -0.39 is 11.0 Å². The molecule has 0 radical (unpaired) electrons. The number of nitro groups is 1. The van der Waals surface area contributed by atoms with Gasteiger partial charge >= 0.3 is 5.69 Å². The molecule has 7 nitrogen and oxygen atoms in total. The Balaban J connectivity index is 3.08. The van der Waals surface area contributed by atoms with Crippen molar-refractivity contribution in [3.63, 3.8) is 0 Å². The van der Waals surface area contributed by atoms with E-state index in [1.807, 2.05) is 13.8 Å². The van der Waals surface area contributed by atoms with Crippen LogP contribution in [0.4, 0.5) is 5.69 Å². The maximum Gasteiger partial charge on any atom is 0.323 e. The van der Waals surface area contributed by atoms with Crippen LogP contribution in [0.15, 0.2) is 5.03 Å². The molecule has 0 aliphatic heterocycles. The van der Waals surface area contributed by atoms with E-state index in [1.165, 1.54) is 0 Å². The summed E-state index contributed by atoms with van der Waals surface area (Å²) in [5.74, 6) is 0.190. The van der Waals surface area contributed by atoms with Gasteiger partial charge in [-0.3, -0.25) is 10.1 Å². The molecule has 0 saturated heterocycles. The maximum absolute atomic E-state index is 11.0. The zero-order chi connectivity index (χ0) is 13.9. The molecule has 1 aromatic rings. The summed E-state index contributed by atoms with van der Waals surface area (Å²) in [7, 11) is 0. The first-order valence-electron chi connectivity index (χ1n) is 5.53. The standard InChI is InChI=1S/C10H17N3O4S/c1-6(2)12-10(18-5-8(15)4-14)9(13(16)17)7(3)11-12/h6,8,14-15H,4-5H2,1-3H3. The molecule has 8 heteroatoms. The van der Waals surface area contributed by atoms with Gasteiger partial charge in [0.1, 0.15) is 5.69 Å². The lowest BCUT2D eigenvalue weighted by Crippen LogP contribution is -2.15. The summed E-state index contributed by atoms with van der Waals surface area (Å²) in [6.45, 7) is 4.98. The van der Waals surface area contributed by atoms with Crippen LogP contribution in [0, 0.1) is 17.0 Å². The highest BCUT2D eigenvalue weighted by atomic mass is 32.2. The van der Waals surface area contributed by atoms with Gasteiger partial charge < -0.3 is 10.2 Å². The minimum absolute atomic E-state index is 0.00818. The molecule has 0 saturated carbocycles. The van der Waals surface area contributed by atoms with E-state index in [9.17, 15) is 15.2 Å². The van der Waals surface area contributed by atoms with Crippen molar-refractivity contribution in [3.05, 3.63) is 15.8 Å². The highest BCUT2D eigenvalue weighted by Crippen LogP contribution is 2.34. The molecule has 0 spiro atoms. The van der Waals surface area contributed by atoms with Gasteiger partial charge in [-0.1, -0.05) is 11.8 Å². The number of aryl methyl sites for hydroxylation is 1. The monoisotopic (exact) mass is 275 g/mol. The van der Waals surface area contributed by atoms with Gasteiger partial charge in [0.05, 0.1) is 17.6 Å². The quantitative estimate of drug-likeness (QED) is 0.458. The van der Waals surface area contributed by atoms with Crippen molar-refractivity contribution in [2.24, 2.45) is 0 Å². The molecule has 102 valence electrons. The van der Waals surface area contributed by atoms with Gasteiger partial charge in [-0.15, -0.1) is 0 Å². The molecule has 18 heavy (non-hydrogen) atoms. The van der Waals surface area contributed by atoms with Crippen LogP contribution in [0.25, 0.3) is 0 Å². The first-order valence-corrected chi connectivity index (χ1v) is 6.52. The largest absolute Gasteiger partial charge is 0.394 e. The average molecular weight is 275 g/mol. The highest BCUT2D eigenvalue weighted by Gasteiger charge is 2.27. The lowest BCUT2D eigenvalue weighted by atomic mass is 10.4. The molecule has 2 N–H and O–H groups in total. The molecule has 0 bridgehead atoms. The van der Waals surface area contributed by atoms with E-state index in [4.69, 9.17) is 5.11 Å². The van der Waals surface area contributed by atoms with Gasteiger partial charge in [0.15, 0.2) is 5.03 Å². The number of rotatable bonds is 6. The Morgan fingerprint density at radius 2 is 2.17 bits per heavy atom. The van der Waals surface area contributed by atoms with Crippen molar-refractivity contribution in [1.82, 2.24) is 9.78 Å². The molecular formula is C10H17N3O4S. The SMILES string of the molecule is Cc1nn(C(C)C)c(SCC(O)CO)c1[N+](=O)[O-]. The Morgan fingerprint density at radius 3 is 2.61 bits per heavy atom. The van der Waals surface area contributed by atoms with Crippen LogP contribution in [0.1, 0.15) is 25.6 Å². The molecule has 1 atom stereocenters. The fourth-order valence-corrected chi connectivity index (χ4v) is 2.64. The maximum atomic E-state index is 11.0. The number of nitrogens with zero attached hydrogens (tertiary/aromatic N) is 3. The molecule has 0 aliphatic rings. The van der Waals surface area contributed by atoms with Crippen molar-refractivity contribution in [2.45, 2.75) is 37.9 Å². The summed E-state index contributed by atoms with van der Waals surface area (Å²) in [5.41, 5.74) is 0.327. The first kappa shape index (κ1) is 14.9. The average Bonchev–Trinajstić information content (AvgIpc) is 2.63. The molecule has 1 aromatic heterocycles. The highest BCUT2D eigenvalue weighted by molar-refractivity contribution is 7.99. The van der Waals surface area contributed by atoms with Gasteiger partial charge in [0.2, 0.25) is 0 Å². The molecule has 0 aliphatic carbocycles. The molecule has 1 heterocycles. The van der Waals surface area contributed by atoms with E-state index in [-0.39, 0.29) is 24.1 Å². The summed E-state index contributed by atoms with van der Waals surface area (Å²) in [6.07, 6.45) is -0.898. The second-order valence-electron chi connectivity index (χ2n) is 4.18. The number of aliphatic hydroxyl groups is 2. The van der Waals surface area contributed by atoms with E-state index in [0.29, 0.717) is 10.7 Å². The zero-order valence-corrected chi connectivity index (χ0v) is 11.3. The Hall–Kier alpha value is -1.12.